The van der Waals surface area contributed by atoms with Gasteiger partial charge in [-0.25, -0.2) is 4.39 Å². The molecule has 1 saturated carbocycles. The lowest BCUT2D eigenvalue weighted by Gasteiger charge is -2.23. The average Bonchev–Trinajstić information content (AvgIpc) is 3.20. The van der Waals surface area contributed by atoms with Gasteiger partial charge in [-0.05, 0) is 36.1 Å². The standard InChI is InChI=1S/C14H21FN2O/c1-18-7-6-17(14-4-5-14)10-11-2-3-13(15)8-12(11)9-16/h2-3,8,14H,4-7,9-10,16H2,1H3. The molecule has 1 aliphatic rings. The summed E-state index contributed by atoms with van der Waals surface area (Å²) in [5.41, 5.74) is 7.70. The third-order valence-electron chi connectivity index (χ3n) is 3.41. The SMILES string of the molecule is COCCN(Cc1ccc(F)cc1CN)C1CC1. The van der Waals surface area contributed by atoms with E-state index in [4.69, 9.17) is 10.5 Å². The second-order valence-corrected chi connectivity index (χ2v) is 4.81. The Balaban J connectivity index is 2.05. The van der Waals surface area contributed by atoms with Crippen molar-refractivity contribution in [3.05, 3.63) is 35.1 Å². The highest BCUT2D eigenvalue weighted by Crippen LogP contribution is 2.28. The zero-order valence-corrected chi connectivity index (χ0v) is 10.9. The van der Waals surface area contributed by atoms with Crippen molar-refractivity contribution in [3.8, 4) is 0 Å². The maximum absolute atomic E-state index is 13.2. The molecule has 0 bridgehead atoms. The Labute approximate surface area is 108 Å². The van der Waals surface area contributed by atoms with Crippen molar-refractivity contribution in [3.63, 3.8) is 0 Å². The molecule has 0 amide bonds. The molecule has 2 N–H and O–H groups in total. The van der Waals surface area contributed by atoms with Crippen molar-refractivity contribution in [2.75, 3.05) is 20.3 Å². The van der Waals surface area contributed by atoms with Gasteiger partial charge in [-0.2, -0.15) is 0 Å². The Morgan fingerprint density at radius 3 is 2.78 bits per heavy atom. The zero-order chi connectivity index (χ0) is 13.0. The number of nitrogens with zero attached hydrogens (tertiary/aromatic N) is 1. The summed E-state index contributed by atoms with van der Waals surface area (Å²) in [6.45, 7) is 2.87. The van der Waals surface area contributed by atoms with Gasteiger partial charge in [-0.1, -0.05) is 6.07 Å². The molecule has 0 aromatic heterocycles. The van der Waals surface area contributed by atoms with E-state index in [0.29, 0.717) is 12.6 Å². The van der Waals surface area contributed by atoms with Crippen LogP contribution in [0.3, 0.4) is 0 Å². The number of hydrogen-bond acceptors (Lipinski definition) is 3. The molecular weight excluding hydrogens is 231 g/mol. The maximum atomic E-state index is 13.2. The third-order valence-corrected chi connectivity index (χ3v) is 3.41. The van der Waals surface area contributed by atoms with Gasteiger partial charge in [-0.15, -0.1) is 0 Å². The van der Waals surface area contributed by atoms with Gasteiger partial charge in [0.1, 0.15) is 5.82 Å². The second kappa shape index (κ2) is 6.27. The van der Waals surface area contributed by atoms with Gasteiger partial charge in [0.25, 0.3) is 0 Å². The number of methoxy groups -OCH3 is 1. The van der Waals surface area contributed by atoms with Crippen LogP contribution in [0.4, 0.5) is 4.39 Å². The van der Waals surface area contributed by atoms with E-state index in [-0.39, 0.29) is 5.82 Å². The predicted octanol–water partition coefficient (Wildman–Crippen LogP) is 1.90. The van der Waals surface area contributed by atoms with Gasteiger partial charge in [0.05, 0.1) is 6.61 Å². The number of nitrogens with two attached hydrogens (primary N) is 1. The van der Waals surface area contributed by atoms with E-state index in [1.807, 2.05) is 6.07 Å². The molecule has 4 heteroatoms. The van der Waals surface area contributed by atoms with Crippen molar-refractivity contribution in [1.82, 2.24) is 4.90 Å². The number of benzene rings is 1. The second-order valence-electron chi connectivity index (χ2n) is 4.81. The summed E-state index contributed by atoms with van der Waals surface area (Å²) in [7, 11) is 1.72. The minimum absolute atomic E-state index is 0.214. The van der Waals surface area contributed by atoms with Crippen LogP contribution in [-0.4, -0.2) is 31.2 Å². The highest BCUT2D eigenvalue weighted by Gasteiger charge is 2.28. The molecule has 0 aliphatic heterocycles. The fourth-order valence-corrected chi connectivity index (χ4v) is 2.20. The Morgan fingerprint density at radius 2 is 2.17 bits per heavy atom. The minimum atomic E-state index is -0.214. The van der Waals surface area contributed by atoms with Crippen molar-refractivity contribution >= 4 is 0 Å². The predicted molar refractivity (Wildman–Crippen MR) is 69.6 cm³/mol. The van der Waals surface area contributed by atoms with Gasteiger partial charge >= 0.3 is 0 Å². The molecule has 1 aromatic rings. The molecule has 3 nitrogen and oxygen atoms in total. The fraction of sp³-hybridized carbons (Fsp3) is 0.571. The van der Waals surface area contributed by atoms with Crippen LogP contribution in [0.15, 0.2) is 18.2 Å². The van der Waals surface area contributed by atoms with Crippen molar-refractivity contribution in [2.45, 2.75) is 32.0 Å². The van der Waals surface area contributed by atoms with Crippen LogP contribution >= 0.6 is 0 Å². The number of rotatable bonds is 7. The topological polar surface area (TPSA) is 38.5 Å². The maximum Gasteiger partial charge on any atom is 0.123 e. The number of halogens is 1. The third kappa shape index (κ3) is 3.51. The molecule has 0 heterocycles. The van der Waals surface area contributed by atoms with Gasteiger partial charge < -0.3 is 10.5 Å². The van der Waals surface area contributed by atoms with E-state index >= 15 is 0 Å². The lowest BCUT2D eigenvalue weighted by Crippen LogP contribution is -2.29. The molecule has 0 atom stereocenters. The molecule has 1 aromatic carbocycles. The highest BCUT2D eigenvalue weighted by atomic mass is 19.1. The Morgan fingerprint density at radius 1 is 1.39 bits per heavy atom. The lowest BCUT2D eigenvalue weighted by molar-refractivity contribution is 0.139. The first-order chi connectivity index (χ1) is 8.74. The lowest BCUT2D eigenvalue weighted by atomic mass is 10.1. The highest BCUT2D eigenvalue weighted by molar-refractivity contribution is 5.28. The quantitative estimate of drug-likeness (QED) is 0.805. The molecule has 18 heavy (non-hydrogen) atoms. The van der Waals surface area contributed by atoms with Gasteiger partial charge in [0.15, 0.2) is 0 Å². The molecule has 100 valence electrons. The van der Waals surface area contributed by atoms with E-state index in [9.17, 15) is 4.39 Å². The first-order valence-electron chi connectivity index (χ1n) is 6.45. The molecule has 1 fully saturated rings. The van der Waals surface area contributed by atoms with Gasteiger partial charge in [-0.3, -0.25) is 4.90 Å². The van der Waals surface area contributed by atoms with Crippen LogP contribution in [0.5, 0.6) is 0 Å². The number of ether oxygens (including phenoxy) is 1. The van der Waals surface area contributed by atoms with E-state index in [1.54, 1.807) is 7.11 Å². The first-order valence-corrected chi connectivity index (χ1v) is 6.45. The van der Waals surface area contributed by atoms with E-state index in [1.165, 1.54) is 25.0 Å². The van der Waals surface area contributed by atoms with Crippen molar-refractivity contribution in [2.24, 2.45) is 5.73 Å². The Hall–Kier alpha value is -0.970. The van der Waals surface area contributed by atoms with E-state index < -0.39 is 0 Å². The average molecular weight is 252 g/mol. The van der Waals surface area contributed by atoms with Crippen LogP contribution in [0.1, 0.15) is 24.0 Å². The van der Waals surface area contributed by atoms with Crippen molar-refractivity contribution < 1.29 is 9.13 Å². The summed E-state index contributed by atoms with van der Waals surface area (Å²) in [6.07, 6.45) is 2.51. The summed E-state index contributed by atoms with van der Waals surface area (Å²) >= 11 is 0. The summed E-state index contributed by atoms with van der Waals surface area (Å²) in [6, 6.07) is 5.56. The molecule has 0 unspecified atom stereocenters. The Bertz CT molecular complexity index is 393. The van der Waals surface area contributed by atoms with Crippen LogP contribution in [-0.2, 0) is 17.8 Å². The molecule has 1 aliphatic carbocycles. The van der Waals surface area contributed by atoms with Crippen LogP contribution in [0, 0.1) is 5.82 Å². The van der Waals surface area contributed by atoms with E-state index in [0.717, 1.165) is 30.8 Å². The molecular formula is C14H21FN2O. The molecule has 0 radical (unpaired) electrons. The summed E-state index contributed by atoms with van der Waals surface area (Å²) in [5.74, 6) is -0.214. The fourth-order valence-electron chi connectivity index (χ4n) is 2.20. The molecule has 0 saturated heterocycles. The van der Waals surface area contributed by atoms with Crippen LogP contribution in [0.25, 0.3) is 0 Å². The van der Waals surface area contributed by atoms with Crippen molar-refractivity contribution in [1.29, 1.82) is 0 Å². The first kappa shape index (κ1) is 13.5. The Kier molecular flexibility index (Phi) is 4.69. The van der Waals surface area contributed by atoms with Gasteiger partial charge in [0, 0.05) is 32.8 Å². The van der Waals surface area contributed by atoms with E-state index in [2.05, 4.69) is 4.90 Å². The largest absolute Gasteiger partial charge is 0.383 e. The van der Waals surface area contributed by atoms with Crippen LogP contribution < -0.4 is 5.73 Å². The summed E-state index contributed by atoms with van der Waals surface area (Å²) in [5, 5.41) is 0. The monoisotopic (exact) mass is 252 g/mol. The molecule has 0 spiro atoms. The van der Waals surface area contributed by atoms with Crippen LogP contribution in [0.2, 0.25) is 0 Å². The minimum Gasteiger partial charge on any atom is -0.383 e. The summed E-state index contributed by atoms with van der Waals surface area (Å²) in [4.78, 5) is 2.40. The zero-order valence-electron chi connectivity index (χ0n) is 10.9. The number of hydrogen-bond donors (Lipinski definition) is 1. The molecule has 2 rings (SSSR count). The summed E-state index contributed by atoms with van der Waals surface area (Å²) < 4.78 is 18.3. The normalized spacial score (nSPS) is 15.3. The smallest absolute Gasteiger partial charge is 0.123 e. The van der Waals surface area contributed by atoms with Gasteiger partial charge in [0.2, 0.25) is 0 Å².